The van der Waals surface area contributed by atoms with Gasteiger partial charge >= 0.3 is 12.1 Å². The number of tetrazole rings is 1. The van der Waals surface area contributed by atoms with Crippen molar-refractivity contribution in [1.82, 2.24) is 39.9 Å². The van der Waals surface area contributed by atoms with Crippen LogP contribution in [0.4, 0.5) is 22.0 Å². The zero-order valence-corrected chi connectivity index (χ0v) is 30.2. The normalized spacial score (nSPS) is 20.4. The molecule has 13 nitrogen and oxygen atoms in total. The molecule has 2 saturated carbocycles. The van der Waals surface area contributed by atoms with Crippen LogP contribution in [0.25, 0.3) is 17.1 Å². The van der Waals surface area contributed by atoms with E-state index < -0.39 is 65.7 Å². The number of carbonyl (C=O) groups is 2. The van der Waals surface area contributed by atoms with E-state index in [0.29, 0.717) is 17.0 Å². The van der Waals surface area contributed by atoms with E-state index in [4.69, 9.17) is 27.1 Å². The Kier molecular flexibility index (Phi) is 9.25. The zero-order chi connectivity index (χ0) is 38.8. The SMILES string of the molecule is CC(C)(C)C[C@]1(c2ccc(-c3nnn(C4CC4)n3)cc2)N=C(N)N([C@H](COC(=O)CC2(C(F)(F)F)CC2)c2ccc(Cl)c(-n3ncnc3C(F)F)c2)C1=O. The third-order valence-corrected chi connectivity index (χ3v) is 10.2. The summed E-state index contributed by atoms with van der Waals surface area (Å²) in [6.07, 6.45) is -5.94. The lowest BCUT2D eigenvalue weighted by atomic mass is 9.75. The molecule has 4 aromatic rings. The van der Waals surface area contributed by atoms with Gasteiger partial charge < -0.3 is 10.5 Å². The second kappa shape index (κ2) is 13.4. The van der Waals surface area contributed by atoms with Gasteiger partial charge in [0, 0.05) is 5.56 Å². The minimum absolute atomic E-state index is 0.00837. The molecule has 2 N–H and O–H groups in total. The highest BCUT2D eigenvalue weighted by Gasteiger charge is 2.64. The van der Waals surface area contributed by atoms with Crippen LogP contribution in [0.1, 0.15) is 94.8 Å². The number of guanidine groups is 1. The Morgan fingerprint density at radius 1 is 1.09 bits per heavy atom. The molecule has 54 heavy (non-hydrogen) atoms. The predicted molar refractivity (Wildman–Crippen MR) is 183 cm³/mol. The first kappa shape index (κ1) is 37.3. The maximum atomic E-state index is 15.0. The second-order valence-corrected chi connectivity index (χ2v) is 15.6. The molecule has 3 aliphatic rings. The quantitative estimate of drug-likeness (QED) is 0.123. The number of carbonyl (C=O) groups excluding carboxylic acids is 2. The Balaban J connectivity index is 1.26. The van der Waals surface area contributed by atoms with Crippen molar-refractivity contribution in [2.75, 3.05) is 6.61 Å². The van der Waals surface area contributed by atoms with Gasteiger partial charge in [-0.25, -0.2) is 23.4 Å². The molecule has 0 radical (unpaired) electrons. The molecule has 2 atom stereocenters. The summed E-state index contributed by atoms with van der Waals surface area (Å²) in [6.45, 7) is 5.11. The molecule has 2 aromatic carbocycles. The standard InChI is InChI=1S/C35H36ClF5N10O3/c1-32(2,3)17-34(21-7-4-19(5-8-21)28-46-48-51(47-28)22-9-10-22)30(53)49(31(42)45-34)25(16-54-26(52)15-33(12-13-33)35(39,40)41)20-6-11-23(36)24(14-20)50-29(27(37)38)43-18-44-50/h4-8,11,14,18,22,25,27H,9-10,12-13,15-17H2,1-3H3,(H2,42,45)/t25-,34-/m1/s1. The molecule has 0 saturated heterocycles. The summed E-state index contributed by atoms with van der Waals surface area (Å²) in [6, 6.07) is 10.0. The molecule has 0 unspecified atom stereocenters. The number of hydrogen-bond acceptors (Lipinski definition) is 10. The van der Waals surface area contributed by atoms with E-state index in [1.165, 1.54) is 18.2 Å². The van der Waals surface area contributed by atoms with E-state index in [9.17, 15) is 31.5 Å². The fourth-order valence-electron chi connectivity index (χ4n) is 6.78. The Morgan fingerprint density at radius 3 is 2.41 bits per heavy atom. The van der Waals surface area contributed by atoms with Crippen molar-refractivity contribution >= 4 is 29.4 Å². The van der Waals surface area contributed by atoms with Gasteiger partial charge in [0.2, 0.25) is 5.82 Å². The molecule has 2 fully saturated rings. The maximum absolute atomic E-state index is 15.0. The molecular weight excluding hydrogens is 739 g/mol. The van der Waals surface area contributed by atoms with Crippen LogP contribution in [-0.4, -0.2) is 70.5 Å². The van der Waals surface area contributed by atoms with Gasteiger partial charge in [0.25, 0.3) is 12.3 Å². The minimum Gasteiger partial charge on any atom is -0.463 e. The first-order valence-electron chi connectivity index (χ1n) is 17.2. The number of alkyl halides is 5. The van der Waals surface area contributed by atoms with Crippen LogP contribution in [0.5, 0.6) is 0 Å². The van der Waals surface area contributed by atoms with Crippen molar-refractivity contribution < 1.29 is 36.3 Å². The monoisotopic (exact) mass is 774 g/mol. The van der Waals surface area contributed by atoms with Gasteiger partial charge in [0.15, 0.2) is 17.3 Å². The fraction of sp³-hybridized carbons (Fsp3) is 0.486. The van der Waals surface area contributed by atoms with Crippen LogP contribution in [0, 0.1) is 10.8 Å². The summed E-state index contributed by atoms with van der Waals surface area (Å²) < 4.78 is 75.2. The van der Waals surface area contributed by atoms with Crippen molar-refractivity contribution in [2.45, 2.75) is 89.5 Å². The zero-order valence-electron chi connectivity index (χ0n) is 29.4. The number of amides is 1. The highest BCUT2D eigenvalue weighted by molar-refractivity contribution is 6.32. The van der Waals surface area contributed by atoms with Gasteiger partial charge in [0.1, 0.15) is 12.9 Å². The van der Waals surface area contributed by atoms with Crippen LogP contribution in [0.3, 0.4) is 0 Å². The summed E-state index contributed by atoms with van der Waals surface area (Å²) in [5.41, 5.74) is 3.57. The van der Waals surface area contributed by atoms with Crippen molar-refractivity contribution in [3.05, 3.63) is 70.8 Å². The van der Waals surface area contributed by atoms with Gasteiger partial charge in [0.05, 0.1) is 34.6 Å². The summed E-state index contributed by atoms with van der Waals surface area (Å²) in [5.74, 6) is -2.31. The van der Waals surface area contributed by atoms with Gasteiger partial charge in [-0.15, -0.1) is 10.2 Å². The average molecular weight is 775 g/mol. The lowest BCUT2D eigenvalue weighted by Gasteiger charge is -2.35. The van der Waals surface area contributed by atoms with Crippen LogP contribution in [0.15, 0.2) is 53.8 Å². The molecule has 0 bridgehead atoms. The van der Waals surface area contributed by atoms with E-state index in [2.05, 4.69) is 25.5 Å². The topological polar surface area (TPSA) is 159 Å². The molecule has 7 rings (SSSR count). The first-order valence-corrected chi connectivity index (χ1v) is 17.6. The maximum Gasteiger partial charge on any atom is 0.395 e. The number of esters is 1. The van der Waals surface area contributed by atoms with Gasteiger partial charge in [-0.05, 0) is 66.0 Å². The highest BCUT2D eigenvalue weighted by atomic mass is 35.5. The van der Waals surface area contributed by atoms with Gasteiger partial charge in [-0.3, -0.25) is 14.5 Å². The molecule has 286 valence electrons. The van der Waals surface area contributed by atoms with E-state index in [1.807, 2.05) is 20.8 Å². The van der Waals surface area contributed by atoms with E-state index in [1.54, 1.807) is 29.1 Å². The number of nitrogens with two attached hydrogens (primary N) is 1. The molecule has 1 aliphatic heterocycles. The molecule has 2 aliphatic carbocycles. The van der Waals surface area contributed by atoms with Crippen molar-refractivity contribution in [1.29, 1.82) is 0 Å². The number of aromatic nitrogens is 7. The van der Waals surface area contributed by atoms with Crippen molar-refractivity contribution in [2.24, 2.45) is 21.6 Å². The van der Waals surface area contributed by atoms with Crippen LogP contribution in [-0.2, 0) is 19.9 Å². The predicted octanol–water partition coefficient (Wildman–Crippen LogP) is 6.65. The van der Waals surface area contributed by atoms with Crippen molar-refractivity contribution in [3.63, 3.8) is 0 Å². The summed E-state index contributed by atoms with van der Waals surface area (Å²) in [4.78, 5) is 39.0. The van der Waals surface area contributed by atoms with E-state index >= 15 is 0 Å². The van der Waals surface area contributed by atoms with Gasteiger partial charge in [-0.2, -0.15) is 23.1 Å². The Bertz CT molecular complexity index is 2100. The fourth-order valence-corrected chi connectivity index (χ4v) is 6.98. The third-order valence-electron chi connectivity index (χ3n) is 9.84. The van der Waals surface area contributed by atoms with Crippen LogP contribution < -0.4 is 5.73 Å². The Labute approximate surface area is 310 Å². The number of nitrogens with zero attached hydrogens (tertiary/aromatic N) is 9. The van der Waals surface area contributed by atoms with Crippen LogP contribution in [0.2, 0.25) is 5.02 Å². The third kappa shape index (κ3) is 7.02. The second-order valence-electron chi connectivity index (χ2n) is 15.2. The van der Waals surface area contributed by atoms with Gasteiger partial charge in [-0.1, -0.05) is 62.7 Å². The molecule has 2 aromatic heterocycles. The summed E-state index contributed by atoms with van der Waals surface area (Å²) >= 11 is 6.44. The number of ether oxygens (including phenoxy) is 1. The molecule has 19 heteroatoms. The molecule has 0 spiro atoms. The lowest BCUT2D eigenvalue weighted by molar-refractivity contribution is -0.195. The Morgan fingerprint density at radius 2 is 1.80 bits per heavy atom. The highest BCUT2D eigenvalue weighted by Crippen LogP contribution is 2.60. The summed E-state index contributed by atoms with van der Waals surface area (Å²) in [5, 5.41) is 16.6. The molecule has 1 amide bonds. The van der Waals surface area contributed by atoms with Crippen molar-refractivity contribution in [3.8, 4) is 17.1 Å². The lowest BCUT2D eigenvalue weighted by Crippen LogP contribution is -2.47. The van der Waals surface area contributed by atoms with Crippen LogP contribution >= 0.6 is 11.6 Å². The number of hydrogen-bond donors (Lipinski definition) is 1. The number of rotatable bonds is 12. The molecule has 3 heterocycles. The van der Waals surface area contributed by atoms with E-state index in [-0.39, 0.29) is 47.5 Å². The smallest absolute Gasteiger partial charge is 0.395 e. The number of halogens is 6. The van der Waals surface area contributed by atoms with E-state index in [0.717, 1.165) is 28.8 Å². The largest absolute Gasteiger partial charge is 0.463 e. The Hall–Kier alpha value is -5.00. The first-order chi connectivity index (χ1) is 25.4. The molecular formula is C35H36ClF5N10O3. The number of benzene rings is 2. The average Bonchev–Trinajstić information content (AvgIpc) is 3.97. The minimum atomic E-state index is -4.61. The number of aliphatic imine (C=N–C) groups is 1. The summed E-state index contributed by atoms with van der Waals surface area (Å²) in [7, 11) is 0.